The van der Waals surface area contributed by atoms with Crippen molar-refractivity contribution in [2.24, 2.45) is 5.92 Å². The molecule has 3 unspecified atom stereocenters. The van der Waals surface area contributed by atoms with Crippen molar-refractivity contribution in [2.45, 2.75) is 52.1 Å². The molecular weight excluding hydrogens is 332 g/mol. The van der Waals surface area contributed by atoms with Crippen LogP contribution < -0.4 is 5.32 Å². The fraction of sp³-hybridized carbons (Fsp3) is 0.458. The molecule has 0 bridgehead atoms. The second-order valence-corrected chi connectivity index (χ2v) is 8.47. The predicted molar refractivity (Wildman–Crippen MR) is 112 cm³/mol. The van der Waals surface area contributed by atoms with Crippen LogP contribution in [0.25, 0.3) is 0 Å². The Balaban J connectivity index is 1.98. The van der Waals surface area contributed by atoms with Gasteiger partial charge in [0.1, 0.15) is 0 Å². The van der Waals surface area contributed by atoms with Crippen molar-refractivity contribution in [1.29, 1.82) is 0 Å². The number of nitrogens with one attached hydrogen (secondary N) is 1. The van der Waals surface area contributed by atoms with Gasteiger partial charge >= 0.3 is 0 Å². The van der Waals surface area contributed by atoms with Crippen molar-refractivity contribution in [3.8, 4) is 0 Å². The summed E-state index contributed by atoms with van der Waals surface area (Å²) in [7, 11) is 2.19. The van der Waals surface area contributed by atoms with Crippen LogP contribution in [0, 0.1) is 19.8 Å². The Hall–Kier alpha value is -2.13. The van der Waals surface area contributed by atoms with Gasteiger partial charge in [0.2, 0.25) is 0 Å². The van der Waals surface area contributed by atoms with Gasteiger partial charge in [0, 0.05) is 17.6 Å². The second kappa shape index (κ2) is 7.85. The molecule has 3 atom stereocenters. The Morgan fingerprint density at radius 2 is 1.74 bits per heavy atom. The van der Waals surface area contributed by atoms with Gasteiger partial charge in [-0.05, 0) is 63.3 Å². The van der Waals surface area contributed by atoms with Gasteiger partial charge in [0.25, 0.3) is 5.91 Å². The Morgan fingerprint density at radius 1 is 1.11 bits per heavy atom. The molecule has 1 fully saturated rings. The molecule has 2 aromatic rings. The van der Waals surface area contributed by atoms with E-state index in [1.54, 1.807) is 0 Å². The Bertz CT molecular complexity index is 781. The molecule has 27 heavy (non-hydrogen) atoms. The van der Waals surface area contributed by atoms with E-state index >= 15 is 0 Å². The molecule has 0 saturated carbocycles. The minimum Gasteiger partial charge on any atom is -0.343 e. The highest BCUT2D eigenvalue weighted by atomic mass is 16.1. The first-order chi connectivity index (χ1) is 12.8. The topological polar surface area (TPSA) is 32.3 Å². The average molecular weight is 365 g/mol. The second-order valence-electron chi connectivity index (χ2n) is 8.47. The minimum atomic E-state index is -0.111. The van der Waals surface area contributed by atoms with Crippen LogP contribution in [0.4, 0.5) is 0 Å². The maximum Gasteiger partial charge on any atom is 0.252 e. The summed E-state index contributed by atoms with van der Waals surface area (Å²) in [6, 6.07) is 16.4. The number of hydrogen-bond acceptors (Lipinski definition) is 2. The smallest absolute Gasteiger partial charge is 0.252 e. The van der Waals surface area contributed by atoms with Crippen LogP contribution in [-0.4, -0.2) is 29.9 Å². The molecule has 144 valence electrons. The van der Waals surface area contributed by atoms with E-state index in [0.717, 1.165) is 29.7 Å². The summed E-state index contributed by atoms with van der Waals surface area (Å²) in [6.07, 6.45) is 2.25. The Morgan fingerprint density at radius 3 is 2.33 bits per heavy atom. The summed E-state index contributed by atoms with van der Waals surface area (Å²) in [5.41, 5.74) is 3.90. The molecule has 0 spiro atoms. The van der Waals surface area contributed by atoms with Crippen molar-refractivity contribution >= 4 is 5.91 Å². The van der Waals surface area contributed by atoms with Gasteiger partial charge in [-0.1, -0.05) is 55.5 Å². The summed E-state index contributed by atoms with van der Waals surface area (Å²) >= 11 is 0. The lowest BCUT2D eigenvalue weighted by molar-refractivity contribution is 0.0276. The largest absolute Gasteiger partial charge is 0.343 e. The fourth-order valence-electron chi connectivity index (χ4n) is 4.48. The van der Waals surface area contributed by atoms with Gasteiger partial charge in [0.15, 0.2) is 0 Å². The number of nitrogens with zero attached hydrogens (tertiary/aromatic N) is 1. The van der Waals surface area contributed by atoms with Crippen molar-refractivity contribution in [3.63, 3.8) is 0 Å². The lowest BCUT2D eigenvalue weighted by Crippen LogP contribution is -2.57. The number of amides is 1. The van der Waals surface area contributed by atoms with Crippen molar-refractivity contribution < 1.29 is 4.79 Å². The maximum absolute atomic E-state index is 13.3. The lowest BCUT2D eigenvalue weighted by atomic mass is 9.76. The van der Waals surface area contributed by atoms with E-state index in [2.05, 4.69) is 55.4 Å². The molecule has 1 saturated heterocycles. The molecular formula is C24H32N2O. The number of piperidine rings is 1. The maximum atomic E-state index is 13.3. The summed E-state index contributed by atoms with van der Waals surface area (Å²) in [5, 5.41) is 3.41. The van der Waals surface area contributed by atoms with Gasteiger partial charge < -0.3 is 5.32 Å². The van der Waals surface area contributed by atoms with Crippen LogP contribution >= 0.6 is 0 Å². The zero-order valence-corrected chi connectivity index (χ0v) is 17.3. The van der Waals surface area contributed by atoms with Crippen molar-refractivity contribution in [1.82, 2.24) is 10.2 Å². The highest BCUT2D eigenvalue weighted by Gasteiger charge is 2.42. The van der Waals surface area contributed by atoms with Crippen LogP contribution in [-0.2, 0) is 0 Å². The van der Waals surface area contributed by atoms with E-state index in [1.807, 2.05) is 38.1 Å². The number of rotatable bonds is 4. The monoisotopic (exact) mass is 364 g/mol. The molecule has 3 nitrogen and oxygen atoms in total. The van der Waals surface area contributed by atoms with Crippen LogP contribution in [0.15, 0.2) is 48.5 Å². The summed E-state index contributed by atoms with van der Waals surface area (Å²) in [5.74, 6) is 0.710. The summed E-state index contributed by atoms with van der Waals surface area (Å²) in [6.45, 7) is 9.68. The highest BCUT2D eigenvalue weighted by molar-refractivity contribution is 5.97. The van der Waals surface area contributed by atoms with Crippen LogP contribution in [0.3, 0.4) is 0 Å². The Kier molecular flexibility index (Phi) is 5.71. The zero-order valence-electron chi connectivity index (χ0n) is 17.3. The minimum absolute atomic E-state index is 0.0210. The number of carbonyl (C=O) groups excluding carboxylic acids is 1. The van der Waals surface area contributed by atoms with Crippen LogP contribution in [0.5, 0.6) is 0 Å². The number of likely N-dealkylation sites (tertiary alicyclic amines) is 1. The van der Waals surface area contributed by atoms with Crippen molar-refractivity contribution in [2.75, 3.05) is 13.6 Å². The molecule has 1 heterocycles. The highest BCUT2D eigenvalue weighted by Crippen LogP contribution is 2.39. The normalized spacial score (nSPS) is 24.4. The molecule has 1 N–H and O–H groups in total. The first-order valence-electron chi connectivity index (χ1n) is 9.96. The molecule has 1 aliphatic heterocycles. The number of carbonyl (C=O) groups is 1. The van der Waals surface area contributed by atoms with Gasteiger partial charge in [-0.3, -0.25) is 9.69 Å². The van der Waals surface area contributed by atoms with Crippen LogP contribution in [0.1, 0.15) is 59.8 Å². The molecule has 1 aliphatic rings. The third kappa shape index (κ3) is 3.93. The number of aryl methyl sites for hydroxylation is 2. The molecule has 0 radical (unpaired) electrons. The van der Waals surface area contributed by atoms with Crippen molar-refractivity contribution in [3.05, 3.63) is 70.8 Å². The van der Waals surface area contributed by atoms with E-state index in [1.165, 1.54) is 12.0 Å². The molecule has 1 amide bonds. The van der Waals surface area contributed by atoms with Gasteiger partial charge in [-0.25, -0.2) is 0 Å². The lowest BCUT2D eigenvalue weighted by Gasteiger charge is -2.50. The van der Waals surface area contributed by atoms with E-state index in [9.17, 15) is 4.79 Å². The predicted octanol–water partition coefficient (Wildman–Crippen LogP) is 4.89. The van der Waals surface area contributed by atoms with E-state index in [-0.39, 0.29) is 17.5 Å². The van der Waals surface area contributed by atoms with Gasteiger partial charge in [-0.2, -0.15) is 0 Å². The SMILES string of the molecule is Cc1cccc(C)c1C(=O)NC(c1ccccc1)C1(C)CCC(C)CN1C. The first-order valence-corrected chi connectivity index (χ1v) is 9.96. The van der Waals surface area contributed by atoms with Crippen LogP contribution in [0.2, 0.25) is 0 Å². The standard InChI is InChI=1S/C24H32N2O/c1-17-14-15-24(4,26(5)16-17)22(20-12-7-6-8-13-20)25-23(27)21-18(2)10-9-11-19(21)3/h6-13,17,22H,14-16H2,1-5H3,(H,25,27). The fourth-order valence-corrected chi connectivity index (χ4v) is 4.48. The zero-order chi connectivity index (χ0) is 19.6. The number of benzene rings is 2. The summed E-state index contributed by atoms with van der Waals surface area (Å²) in [4.78, 5) is 15.7. The molecule has 3 heteroatoms. The third-order valence-corrected chi connectivity index (χ3v) is 6.34. The van der Waals surface area contributed by atoms with E-state index in [4.69, 9.17) is 0 Å². The van der Waals surface area contributed by atoms with E-state index < -0.39 is 0 Å². The number of hydrogen-bond donors (Lipinski definition) is 1. The third-order valence-electron chi connectivity index (χ3n) is 6.34. The van der Waals surface area contributed by atoms with E-state index in [0.29, 0.717) is 5.92 Å². The molecule has 0 aliphatic carbocycles. The quantitative estimate of drug-likeness (QED) is 0.837. The van der Waals surface area contributed by atoms with Gasteiger partial charge in [-0.15, -0.1) is 0 Å². The molecule has 3 rings (SSSR count). The molecule has 2 aromatic carbocycles. The Labute approximate surface area is 163 Å². The number of likely N-dealkylation sites (N-methyl/N-ethyl adjacent to an activating group) is 1. The first kappa shape index (κ1) is 19.6. The average Bonchev–Trinajstić information content (AvgIpc) is 2.64. The molecule has 0 aromatic heterocycles. The summed E-state index contributed by atoms with van der Waals surface area (Å²) < 4.78 is 0. The van der Waals surface area contributed by atoms with Gasteiger partial charge in [0.05, 0.1) is 6.04 Å².